The summed E-state index contributed by atoms with van der Waals surface area (Å²) in [4.78, 5) is 13.4. The summed E-state index contributed by atoms with van der Waals surface area (Å²) in [6, 6.07) is 15.0. The van der Waals surface area contributed by atoms with Crippen molar-refractivity contribution in [3.8, 4) is 5.75 Å². The third kappa shape index (κ3) is 4.45. The molecule has 4 rings (SSSR count). The molecule has 0 unspecified atom stereocenters. The molecule has 0 aromatic heterocycles. The molecule has 3 N–H and O–H groups in total. The zero-order chi connectivity index (χ0) is 20.4. The van der Waals surface area contributed by atoms with Crippen molar-refractivity contribution in [3.63, 3.8) is 0 Å². The minimum Gasteiger partial charge on any atom is -0.487 e. The number of likely N-dealkylation sites (tertiary alicyclic amines) is 1. The highest BCUT2D eigenvalue weighted by molar-refractivity contribution is 5.88. The Kier molecular flexibility index (Phi) is 5.58. The van der Waals surface area contributed by atoms with E-state index in [0.29, 0.717) is 13.0 Å². The predicted molar refractivity (Wildman–Crippen MR) is 111 cm³/mol. The highest BCUT2D eigenvalue weighted by Crippen LogP contribution is 2.44. The summed E-state index contributed by atoms with van der Waals surface area (Å²) in [5, 5.41) is 23.9. The zero-order valence-corrected chi connectivity index (χ0v) is 16.7. The van der Waals surface area contributed by atoms with Crippen LogP contribution in [0.2, 0.25) is 0 Å². The second-order valence-electron chi connectivity index (χ2n) is 8.16. The second kappa shape index (κ2) is 8.14. The number of fused-ring (bicyclic) bond motifs is 1. The number of amides is 1. The van der Waals surface area contributed by atoms with E-state index in [4.69, 9.17) is 4.74 Å². The molecule has 1 fully saturated rings. The molecule has 2 aliphatic heterocycles. The van der Waals surface area contributed by atoms with Crippen molar-refractivity contribution in [1.29, 1.82) is 0 Å². The van der Waals surface area contributed by atoms with Crippen molar-refractivity contribution in [3.05, 3.63) is 59.7 Å². The smallest absolute Gasteiger partial charge is 0.221 e. The first-order chi connectivity index (χ1) is 13.9. The Morgan fingerprint density at radius 2 is 1.90 bits per heavy atom. The van der Waals surface area contributed by atoms with E-state index >= 15 is 0 Å². The van der Waals surface area contributed by atoms with Gasteiger partial charge in [0.15, 0.2) is 0 Å². The highest BCUT2D eigenvalue weighted by atomic mass is 16.5. The van der Waals surface area contributed by atoms with Crippen LogP contribution >= 0.6 is 0 Å². The van der Waals surface area contributed by atoms with Crippen molar-refractivity contribution in [2.45, 2.75) is 44.0 Å². The largest absolute Gasteiger partial charge is 0.487 e. The fraction of sp³-hybridized carbons (Fsp3) is 0.435. The Balaban J connectivity index is 1.34. The number of hydrogen-bond donors (Lipinski definition) is 3. The van der Waals surface area contributed by atoms with E-state index in [0.717, 1.165) is 48.5 Å². The monoisotopic (exact) mass is 396 g/mol. The highest BCUT2D eigenvalue weighted by Gasteiger charge is 2.42. The molecular weight excluding hydrogens is 368 g/mol. The van der Waals surface area contributed by atoms with Gasteiger partial charge in [0.1, 0.15) is 11.4 Å². The number of carbonyl (C=O) groups excluding carboxylic acids is 1. The summed E-state index contributed by atoms with van der Waals surface area (Å²) in [6.07, 6.45) is 1.19. The minimum absolute atomic E-state index is 0.113. The van der Waals surface area contributed by atoms with Gasteiger partial charge in [0.05, 0.1) is 12.2 Å². The van der Waals surface area contributed by atoms with Crippen molar-refractivity contribution in [2.75, 3.05) is 25.0 Å². The lowest BCUT2D eigenvalue weighted by Gasteiger charge is -2.46. The standard InChI is InChI=1S/C23H28N2O4/c1-16(26)24-18-8-6-17(7-9-18)21(28)15-25-12-10-23(11-13-25)14-20(27)19-4-2-3-5-22(19)29-23/h2-9,20-21,27-28H,10-15H2,1H3,(H,24,26)/t20-,21+/m0/s1. The van der Waals surface area contributed by atoms with E-state index in [1.165, 1.54) is 6.92 Å². The van der Waals surface area contributed by atoms with Gasteiger partial charge in [-0.05, 0) is 36.6 Å². The van der Waals surface area contributed by atoms with Crippen LogP contribution in [0.15, 0.2) is 48.5 Å². The number of piperidine rings is 1. The molecule has 0 bridgehead atoms. The van der Waals surface area contributed by atoms with Crippen LogP contribution in [0.1, 0.15) is 49.5 Å². The maximum atomic E-state index is 11.1. The van der Waals surface area contributed by atoms with E-state index < -0.39 is 12.2 Å². The molecule has 2 atom stereocenters. The Morgan fingerprint density at radius 3 is 2.59 bits per heavy atom. The third-order valence-electron chi connectivity index (χ3n) is 5.98. The molecule has 2 heterocycles. The van der Waals surface area contributed by atoms with E-state index in [2.05, 4.69) is 10.2 Å². The molecule has 29 heavy (non-hydrogen) atoms. The summed E-state index contributed by atoms with van der Waals surface area (Å²) < 4.78 is 6.33. The number of aliphatic hydroxyl groups excluding tert-OH is 2. The number of para-hydroxylation sites is 1. The van der Waals surface area contributed by atoms with Crippen LogP contribution in [0.25, 0.3) is 0 Å². The molecule has 6 nitrogen and oxygen atoms in total. The van der Waals surface area contributed by atoms with Crippen LogP contribution in [-0.4, -0.2) is 46.3 Å². The van der Waals surface area contributed by atoms with Crippen LogP contribution in [0.4, 0.5) is 5.69 Å². The van der Waals surface area contributed by atoms with Gasteiger partial charge in [-0.25, -0.2) is 0 Å². The van der Waals surface area contributed by atoms with Gasteiger partial charge in [-0.15, -0.1) is 0 Å². The number of β-amino-alcohol motifs (C(OH)–C–C–N with tert-alkyl or cyclic N) is 1. The van der Waals surface area contributed by atoms with Crippen molar-refractivity contribution < 1.29 is 19.7 Å². The summed E-state index contributed by atoms with van der Waals surface area (Å²) >= 11 is 0. The third-order valence-corrected chi connectivity index (χ3v) is 5.98. The number of benzene rings is 2. The number of ether oxygens (including phenoxy) is 1. The minimum atomic E-state index is -0.589. The Labute approximate surface area is 171 Å². The first-order valence-electron chi connectivity index (χ1n) is 10.2. The molecule has 2 aromatic carbocycles. The quantitative estimate of drug-likeness (QED) is 0.740. The lowest BCUT2D eigenvalue weighted by Crippen LogP contribution is -2.51. The van der Waals surface area contributed by atoms with Gasteiger partial charge in [0, 0.05) is 44.2 Å². The normalized spacial score (nSPS) is 21.8. The van der Waals surface area contributed by atoms with Gasteiger partial charge >= 0.3 is 0 Å². The van der Waals surface area contributed by atoms with Gasteiger partial charge < -0.3 is 25.2 Å². The van der Waals surface area contributed by atoms with Crippen LogP contribution in [0, 0.1) is 0 Å². The zero-order valence-electron chi connectivity index (χ0n) is 16.7. The summed E-state index contributed by atoms with van der Waals surface area (Å²) in [5.41, 5.74) is 2.10. The van der Waals surface area contributed by atoms with Crippen LogP contribution in [0.5, 0.6) is 5.75 Å². The van der Waals surface area contributed by atoms with E-state index in [-0.39, 0.29) is 11.5 Å². The number of nitrogens with one attached hydrogen (secondary N) is 1. The molecule has 6 heteroatoms. The Bertz CT molecular complexity index is 859. The van der Waals surface area contributed by atoms with Gasteiger partial charge in [0.25, 0.3) is 0 Å². The molecule has 1 spiro atoms. The van der Waals surface area contributed by atoms with Crippen molar-refractivity contribution in [1.82, 2.24) is 4.90 Å². The molecular formula is C23H28N2O4. The van der Waals surface area contributed by atoms with Gasteiger partial charge in [0.2, 0.25) is 5.91 Å². The number of rotatable bonds is 4. The number of aliphatic hydroxyl groups is 2. The lowest BCUT2D eigenvalue weighted by atomic mass is 9.81. The average molecular weight is 396 g/mol. The van der Waals surface area contributed by atoms with Crippen LogP contribution < -0.4 is 10.1 Å². The van der Waals surface area contributed by atoms with Crippen LogP contribution in [-0.2, 0) is 4.79 Å². The Hall–Kier alpha value is -2.41. The second-order valence-corrected chi connectivity index (χ2v) is 8.16. The van der Waals surface area contributed by atoms with E-state index in [1.807, 2.05) is 36.4 Å². The van der Waals surface area contributed by atoms with E-state index in [1.54, 1.807) is 12.1 Å². The van der Waals surface area contributed by atoms with Gasteiger partial charge in [-0.1, -0.05) is 30.3 Å². The molecule has 1 saturated heterocycles. The van der Waals surface area contributed by atoms with E-state index in [9.17, 15) is 15.0 Å². The summed E-state index contributed by atoms with van der Waals surface area (Å²) in [7, 11) is 0. The number of anilines is 1. The first kappa shape index (κ1) is 19.9. The van der Waals surface area contributed by atoms with Crippen molar-refractivity contribution in [2.24, 2.45) is 0 Å². The van der Waals surface area contributed by atoms with Crippen molar-refractivity contribution >= 4 is 11.6 Å². The molecule has 0 aliphatic carbocycles. The molecule has 2 aromatic rings. The van der Waals surface area contributed by atoms with Gasteiger partial charge in [-0.3, -0.25) is 4.79 Å². The molecule has 0 saturated carbocycles. The van der Waals surface area contributed by atoms with Crippen LogP contribution in [0.3, 0.4) is 0 Å². The maximum absolute atomic E-state index is 11.1. The molecule has 2 aliphatic rings. The molecule has 154 valence electrons. The molecule has 1 amide bonds. The maximum Gasteiger partial charge on any atom is 0.221 e. The van der Waals surface area contributed by atoms with Gasteiger partial charge in [-0.2, -0.15) is 0 Å². The predicted octanol–water partition coefficient (Wildman–Crippen LogP) is 3.03. The fourth-order valence-corrected chi connectivity index (χ4v) is 4.38. The Morgan fingerprint density at radius 1 is 1.21 bits per heavy atom. The summed E-state index contributed by atoms with van der Waals surface area (Å²) in [5.74, 6) is 0.678. The number of hydrogen-bond acceptors (Lipinski definition) is 5. The lowest BCUT2D eigenvalue weighted by molar-refractivity contribution is -0.114. The number of carbonyl (C=O) groups is 1. The number of nitrogens with zero attached hydrogens (tertiary/aromatic N) is 1. The fourth-order valence-electron chi connectivity index (χ4n) is 4.38. The average Bonchev–Trinajstić information content (AvgIpc) is 2.70. The SMILES string of the molecule is CC(=O)Nc1ccc([C@H](O)CN2CCC3(CC2)C[C@H](O)c2ccccc2O3)cc1. The topological polar surface area (TPSA) is 82.0 Å². The first-order valence-corrected chi connectivity index (χ1v) is 10.2. The molecule has 0 radical (unpaired) electrons. The summed E-state index contributed by atoms with van der Waals surface area (Å²) in [6.45, 7) is 3.65.